The Labute approximate surface area is 143 Å². The van der Waals surface area contributed by atoms with Crippen molar-refractivity contribution < 1.29 is 14.3 Å². The SMILES string of the molecule is COc1ccc(OC)c(NCC(=O)Nc2c(C)cc(C)cc2C)c1. The molecule has 0 atom stereocenters. The molecule has 0 aromatic heterocycles. The van der Waals surface area contributed by atoms with E-state index in [0.717, 1.165) is 16.8 Å². The van der Waals surface area contributed by atoms with Gasteiger partial charge in [-0.05, 0) is 44.0 Å². The van der Waals surface area contributed by atoms with Crippen molar-refractivity contribution in [2.75, 3.05) is 31.4 Å². The Morgan fingerprint density at radius 1 is 1.00 bits per heavy atom. The smallest absolute Gasteiger partial charge is 0.243 e. The molecule has 2 rings (SSSR count). The third kappa shape index (κ3) is 4.19. The maximum absolute atomic E-state index is 12.3. The zero-order valence-electron chi connectivity index (χ0n) is 14.8. The second-order valence-corrected chi connectivity index (χ2v) is 5.74. The van der Waals surface area contributed by atoms with Crippen LogP contribution in [-0.2, 0) is 4.79 Å². The van der Waals surface area contributed by atoms with Crippen LogP contribution < -0.4 is 20.1 Å². The van der Waals surface area contributed by atoms with Gasteiger partial charge in [-0.1, -0.05) is 17.7 Å². The number of anilines is 2. The van der Waals surface area contributed by atoms with Crippen LogP contribution in [0.25, 0.3) is 0 Å². The van der Waals surface area contributed by atoms with E-state index in [0.29, 0.717) is 17.2 Å². The molecule has 5 heteroatoms. The molecular formula is C19H24N2O3. The molecule has 0 aliphatic heterocycles. The molecule has 0 saturated heterocycles. The number of methoxy groups -OCH3 is 2. The van der Waals surface area contributed by atoms with Gasteiger partial charge in [-0.2, -0.15) is 0 Å². The molecule has 0 radical (unpaired) electrons. The minimum atomic E-state index is -0.116. The molecule has 0 spiro atoms. The summed E-state index contributed by atoms with van der Waals surface area (Å²) in [4.78, 5) is 12.3. The van der Waals surface area contributed by atoms with E-state index in [2.05, 4.69) is 22.8 Å². The fourth-order valence-electron chi connectivity index (χ4n) is 2.69. The van der Waals surface area contributed by atoms with Gasteiger partial charge in [-0.3, -0.25) is 4.79 Å². The number of ether oxygens (including phenoxy) is 2. The molecule has 0 aliphatic carbocycles. The highest BCUT2D eigenvalue weighted by molar-refractivity contribution is 5.95. The number of carbonyl (C=O) groups excluding carboxylic acids is 1. The second kappa shape index (κ2) is 7.73. The van der Waals surface area contributed by atoms with E-state index in [9.17, 15) is 4.79 Å². The standard InChI is InChI=1S/C19H24N2O3/c1-12-8-13(2)19(14(3)9-12)21-18(22)11-20-16-10-15(23-4)6-7-17(16)24-5/h6-10,20H,11H2,1-5H3,(H,21,22). The first-order valence-electron chi connectivity index (χ1n) is 7.78. The summed E-state index contributed by atoms with van der Waals surface area (Å²) in [6.45, 7) is 6.17. The Bertz CT molecular complexity index is 718. The lowest BCUT2D eigenvalue weighted by atomic mass is 10.1. The quantitative estimate of drug-likeness (QED) is 0.849. The first-order chi connectivity index (χ1) is 11.4. The fourth-order valence-corrected chi connectivity index (χ4v) is 2.69. The van der Waals surface area contributed by atoms with E-state index in [1.165, 1.54) is 5.56 Å². The van der Waals surface area contributed by atoms with Crippen molar-refractivity contribution >= 4 is 17.3 Å². The van der Waals surface area contributed by atoms with Crippen LogP contribution in [0.3, 0.4) is 0 Å². The highest BCUT2D eigenvalue weighted by Crippen LogP contribution is 2.28. The highest BCUT2D eigenvalue weighted by atomic mass is 16.5. The lowest BCUT2D eigenvalue weighted by molar-refractivity contribution is -0.114. The van der Waals surface area contributed by atoms with Gasteiger partial charge in [0, 0.05) is 11.8 Å². The molecule has 0 bridgehead atoms. The first-order valence-corrected chi connectivity index (χ1v) is 7.78. The molecule has 0 heterocycles. The topological polar surface area (TPSA) is 59.6 Å². The lowest BCUT2D eigenvalue weighted by Gasteiger charge is -2.15. The molecule has 128 valence electrons. The molecule has 0 saturated carbocycles. The Kier molecular flexibility index (Phi) is 5.68. The van der Waals surface area contributed by atoms with Crippen molar-refractivity contribution in [1.82, 2.24) is 0 Å². The van der Waals surface area contributed by atoms with E-state index in [-0.39, 0.29) is 12.5 Å². The summed E-state index contributed by atoms with van der Waals surface area (Å²) in [7, 11) is 3.19. The Morgan fingerprint density at radius 2 is 1.67 bits per heavy atom. The van der Waals surface area contributed by atoms with Crippen LogP contribution in [-0.4, -0.2) is 26.7 Å². The van der Waals surface area contributed by atoms with Crippen molar-refractivity contribution in [3.8, 4) is 11.5 Å². The molecule has 0 unspecified atom stereocenters. The fraction of sp³-hybridized carbons (Fsp3) is 0.316. The van der Waals surface area contributed by atoms with Gasteiger partial charge in [0.15, 0.2) is 0 Å². The number of amides is 1. The van der Waals surface area contributed by atoms with E-state index in [1.807, 2.05) is 26.8 Å². The Morgan fingerprint density at radius 3 is 2.25 bits per heavy atom. The number of benzene rings is 2. The number of hydrogen-bond acceptors (Lipinski definition) is 4. The van der Waals surface area contributed by atoms with Gasteiger partial charge in [0.25, 0.3) is 0 Å². The zero-order valence-corrected chi connectivity index (χ0v) is 14.8. The number of aryl methyl sites for hydroxylation is 3. The average Bonchev–Trinajstić information content (AvgIpc) is 2.55. The van der Waals surface area contributed by atoms with Gasteiger partial charge in [0.2, 0.25) is 5.91 Å². The largest absolute Gasteiger partial charge is 0.497 e. The van der Waals surface area contributed by atoms with Crippen LogP contribution >= 0.6 is 0 Å². The van der Waals surface area contributed by atoms with Crippen LogP contribution in [0.1, 0.15) is 16.7 Å². The van der Waals surface area contributed by atoms with Crippen molar-refractivity contribution in [3.05, 3.63) is 47.0 Å². The molecule has 0 aliphatic rings. The summed E-state index contributed by atoms with van der Waals surface area (Å²) in [5.41, 5.74) is 4.87. The van der Waals surface area contributed by atoms with E-state index in [1.54, 1.807) is 26.4 Å². The van der Waals surface area contributed by atoms with Crippen LogP contribution in [0.15, 0.2) is 30.3 Å². The van der Waals surface area contributed by atoms with Gasteiger partial charge in [-0.25, -0.2) is 0 Å². The van der Waals surface area contributed by atoms with Gasteiger partial charge in [-0.15, -0.1) is 0 Å². The number of nitrogens with one attached hydrogen (secondary N) is 2. The van der Waals surface area contributed by atoms with Crippen molar-refractivity contribution in [2.45, 2.75) is 20.8 Å². The van der Waals surface area contributed by atoms with Crippen molar-refractivity contribution in [3.63, 3.8) is 0 Å². The van der Waals surface area contributed by atoms with Crippen LogP contribution in [0.2, 0.25) is 0 Å². The Hall–Kier alpha value is -2.69. The molecular weight excluding hydrogens is 304 g/mol. The predicted octanol–water partition coefficient (Wildman–Crippen LogP) is 3.68. The van der Waals surface area contributed by atoms with Crippen molar-refractivity contribution in [1.29, 1.82) is 0 Å². The summed E-state index contributed by atoms with van der Waals surface area (Å²) in [5, 5.41) is 6.06. The lowest BCUT2D eigenvalue weighted by Crippen LogP contribution is -2.23. The summed E-state index contributed by atoms with van der Waals surface area (Å²) >= 11 is 0. The van der Waals surface area contributed by atoms with Crippen LogP contribution in [0, 0.1) is 20.8 Å². The van der Waals surface area contributed by atoms with Crippen LogP contribution in [0.5, 0.6) is 11.5 Å². The van der Waals surface area contributed by atoms with E-state index in [4.69, 9.17) is 9.47 Å². The second-order valence-electron chi connectivity index (χ2n) is 5.74. The van der Waals surface area contributed by atoms with Gasteiger partial charge < -0.3 is 20.1 Å². The summed E-state index contributed by atoms with van der Waals surface area (Å²) < 4.78 is 10.5. The molecule has 1 amide bonds. The molecule has 5 nitrogen and oxygen atoms in total. The summed E-state index contributed by atoms with van der Waals surface area (Å²) in [6, 6.07) is 9.52. The molecule has 0 fully saturated rings. The van der Waals surface area contributed by atoms with Gasteiger partial charge >= 0.3 is 0 Å². The minimum Gasteiger partial charge on any atom is -0.497 e. The number of carbonyl (C=O) groups is 1. The van der Waals surface area contributed by atoms with Gasteiger partial charge in [0.05, 0.1) is 26.5 Å². The first kappa shape index (κ1) is 17.7. The molecule has 2 aromatic carbocycles. The zero-order chi connectivity index (χ0) is 17.7. The monoisotopic (exact) mass is 328 g/mol. The average molecular weight is 328 g/mol. The van der Waals surface area contributed by atoms with Crippen molar-refractivity contribution in [2.24, 2.45) is 0 Å². The summed E-state index contributed by atoms with van der Waals surface area (Å²) in [6.07, 6.45) is 0. The third-order valence-electron chi connectivity index (χ3n) is 3.79. The maximum atomic E-state index is 12.3. The summed E-state index contributed by atoms with van der Waals surface area (Å²) in [5.74, 6) is 1.24. The highest BCUT2D eigenvalue weighted by Gasteiger charge is 2.10. The predicted molar refractivity (Wildman–Crippen MR) is 97.3 cm³/mol. The molecule has 24 heavy (non-hydrogen) atoms. The van der Waals surface area contributed by atoms with Gasteiger partial charge in [0.1, 0.15) is 11.5 Å². The molecule has 2 N–H and O–H groups in total. The normalized spacial score (nSPS) is 10.2. The minimum absolute atomic E-state index is 0.116. The maximum Gasteiger partial charge on any atom is 0.243 e. The van der Waals surface area contributed by atoms with E-state index < -0.39 is 0 Å². The Balaban J connectivity index is 2.06. The number of hydrogen-bond donors (Lipinski definition) is 2. The number of rotatable bonds is 6. The van der Waals surface area contributed by atoms with Crippen LogP contribution in [0.4, 0.5) is 11.4 Å². The molecule has 2 aromatic rings. The third-order valence-corrected chi connectivity index (χ3v) is 3.79. The van der Waals surface area contributed by atoms with E-state index >= 15 is 0 Å².